The number of allylic oxidation sites excluding steroid dienone is 1. The maximum atomic E-state index is 6.08. The number of fused-ring (bicyclic) bond motifs is 1. The zero-order valence-corrected chi connectivity index (χ0v) is 23.0. The minimum atomic E-state index is -0.209. The molecule has 7 nitrogen and oxygen atoms in total. The summed E-state index contributed by atoms with van der Waals surface area (Å²) in [6, 6.07) is 9.74. The highest BCUT2D eigenvalue weighted by Crippen LogP contribution is 2.27. The fourth-order valence-corrected chi connectivity index (χ4v) is 4.93. The minimum absolute atomic E-state index is 0.189. The zero-order chi connectivity index (χ0) is 24.3. The monoisotopic (exact) mass is 623 g/mol. The summed E-state index contributed by atoms with van der Waals surface area (Å²) in [6.07, 6.45) is 8.18. The van der Waals surface area contributed by atoms with Crippen molar-refractivity contribution in [3.05, 3.63) is 53.2 Å². The van der Waals surface area contributed by atoms with E-state index in [-0.39, 0.29) is 12.4 Å². The number of hydrogen-bond acceptors (Lipinski definition) is 9. The summed E-state index contributed by atoms with van der Waals surface area (Å²) >= 11 is 3.70. The van der Waals surface area contributed by atoms with Crippen molar-refractivity contribution in [3.8, 4) is 17.6 Å². The number of nitrogens with zero attached hydrogens (tertiary/aromatic N) is 2. The number of aromatic nitrogens is 2. The van der Waals surface area contributed by atoms with Crippen molar-refractivity contribution in [3.63, 3.8) is 0 Å². The lowest BCUT2D eigenvalue weighted by molar-refractivity contribution is -0.197. The molecule has 0 bridgehead atoms. The highest BCUT2D eigenvalue weighted by atomic mass is 127. The summed E-state index contributed by atoms with van der Waals surface area (Å²) in [7, 11) is 3.13. The first kappa shape index (κ1) is 26.2. The highest BCUT2D eigenvalue weighted by molar-refractivity contribution is 14.2. The molecule has 2 atom stereocenters. The van der Waals surface area contributed by atoms with Crippen LogP contribution in [0.1, 0.15) is 29.8 Å². The van der Waals surface area contributed by atoms with Crippen molar-refractivity contribution in [1.82, 2.24) is 9.97 Å². The Kier molecular flexibility index (Phi) is 10.5. The van der Waals surface area contributed by atoms with Gasteiger partial charge in [0.15, 0.2) is 6.29 Å². The van der Waals surface area contributed by atoms with Gasteiger partial charge in [-0.15, -0.1) is 11.3 Å². The van der Waals surface area contributed by atoms with E-state index in [9.17, 15) is 0 Å². The molecule has 2 aromatic heterocycles. The van der Waals surface area contributed by atoms with Gasteiger partial charge >= 0.3 is 0 Å². The Morgan fingerprint density at radius 2 is 2.26 bits per heavy atom. The molecule has 3 aromatic rings. The molecule has 10 heteroatoms. The molecule has 1 fully saturated rings. The zero-order valence-electron chi connectivity index (χ0n) is 19.2. The molecule has 1 N–H and O–H groups in total. The van der Waals surface area contributed by atoms with Crippen LogP contribution >= 0.6 is 41.8 Å². The molecule has 184 valence electrons. The molecular weight excluding hydrogens is 597 g/mol. The van der Waals surface area contributed by atoms with Crippen molar-refractivity contribution in [2.45, 2.75) is 31.7 Å². The van der Waals surface area contributed by atoms with Crippen LogP contribution < -0.4 is 10.1 Å². The van der Waals surface area contributed by atoms with Crippen LogP contribution in [-0.4, -0.2) is 49.2 Å². The number of thiazole rings is 1. The molecule has 2 unspecified atom stereocenters. The third kappa shape index (κ3) is 8.34. The van der Waals surface area contributed by atoms with E-state index in [1.807, 2.05) is 49.5 Å². The second kappa shape index (κ2) is 14.0. The van der Waals surface area contributed by atoms with Gasteiger partial charge < -0.3 is 23.7 Å². The number of halogens is 1. The van der Waals surface area contributed by atoms with Gasteiger partial charge in [-0.25, -0.2) is 9.97 Å². The molecule has 0 spiro atoms. The number of rotatable bonds is 10. The summed E-state index contributed by atoms with van der Waals surface area (Å²) in [5.41, 5.74) is 1.79. The van der Waals surface area contributed by atoms with Crippen LogP contribution in [0.15, 0.2) is 42.6 Å². The fraction of sp³-hybridized carbons (Fsp3) is 0.360. The van der Waals surface area contributed by atoms with Crippen LogP contribution in [-0.2, 0) is 13.7 Å². The second-order valence-corrected chi connectivity index (χ2v) is 10.2. The SMILES string of the molecule is CNc1ccc(C#C/C=C/c2nc3ccc(OCC(COSI)OC4CCCCO4)cc3s2)cn1. The van der Waals surface area contributed by atoms with Gasteiger partial charge in [0, 0.05) is 46.6 Å². The maximum absolute atomic E-state index is 6.08. The summed E-state index contributed by atoms with van der Waals surface area (Å²) in [5.74, 6) is 7.71. The van der Waals surface area contributed by atoms with E-state index < -0.39 is 0 Å². The lowest BCUT2D eigenvalue weighted by Gasteiger charge is -2.27. The van der Waals surface area contributed by atoms with Gasteiger partial charge in [0.25, 0.3) is 0 Å². The van der Waals surface area contributed by atoms with E-state index in [1.54, 1.807) is 17.5 Å². The average Bonchev–Trinajstić information content (AvgIpc) is 3.31. The molecule has 1 aliphatic heterocycles. The molecule has 1 aromatic carbocycles. The third-order valence-corrected chi connectivity index (χ3v) is 7.11. The molecule has 1 saturated heterocycles. The van der Waals surface area contributed by atoms with Gasteiger partial charge in [-0.1, -0.05) is 11.8 Å². The van der Waals surface area contributed by atoms with E-state index in [0.29, 0.717) is 13.2 Å². The van der Waals surface area contributed by atoms with Crippen LogP contribution in [0, 0.1) is 11.8 Å². The molecule has 3 heterocycles. The number of pyridine rings is 1. The lowest BCUT2D eigenvalue weighted by Crippen LogP contribution is -2.34. The Balaban J connectivity index is 1.34. The van der Waals surface area contributed by atoms with E-state index in [2.05, 4.69) is 48.3 Å². The molecular formula is C25H26IN3O4S2. The summed E-state index contributed by atoms with van der Waals surface area (Å²) in [6.45, 7) is 1.56. The van der Waals surface area contributed by atoms with Crippen LogP contribution in [0.4, 0.5) is 5.82 Å². The van der Waals surface area contributed by atoms with Crippen molar-refractivity contribution in [1.29, 1.82) is 0 Å². The van der Waals surface area contributed by atoms with Crippen LogP contribution in [0.5, 0.6) is 5.75 Å². The average molecular weight is 624 g/mol. The highest BCUT2D eigenvalue weighted by Gasteiger charge is 2.21. The van der Waals surface area contributed by atoms with Crippen molar-refractivity contribution in [2.24, 2.45) is 0 Å². The largest absolute Gasteiger partial charge is 0.491 e. The van der Waals surface area contributed by atoms with Gasteiger partial charge in [0.05, 0.1) is 26.0 Å². The number of anilines is 1. The van der Waals surface area contributed by atoms with Crippen molar-refractivity contribution >= 4 is 63.9 Å². The number of hydrogen-bond donors (Lipinski definition) is 1. The van der Waals surface area contributed by atoms with Crippen LogP contribution in [0.2, 0.25) is 0 Å². The fourth-order valence-electron chi connectivity index (χ4n) is 3.39. The predicted octanol–water partition coefficient (Wildman–Crippen LogP) is 6.10. The number of nitrogens with one attached hydrogen (secondary N) is 1. The molecule has 4 rings (SSSR count). The van der Waals surface area contributed by atoms with Crippen molar-refractivity contribution < 1.29 is 18.4 Å². The Morgan fingerprint density at radius 3 is 3.03 bits per heavy atom. The van der Waals surface area contributed by atoms with Gasteiger partial charge in [-0.05, 0) is 61.7 Å². The Hall–Kier alpha value is -1.88. The first-order valence-corrected chi connectivity index (χ1v) is 15.4. The Labute approximate surface area is 225 Å². The van der Waals surface area contributed by atoms with Gasteiger partial charge in [-0.3, -0.25) is 0 Å². The molecule has 1 aliphatic rings. The Morgan fingerprint density at radius 1 is 1.31 bits per heavy atom. The third-order valence-electron chi connectivity index (χ3n) is 5.14. The van der Waals surface area contributed by atoms with Crippen LogP contribution in [0.25, 0.3) is 16.3 Å². The van der Waals surface area contributed by atoms with Gasteiger partial charge in [-0.2, -0.15) is 0 Å². The van der Waals surface area contributed by atoms with E-state index in [0.717, 1.165) is 58.2 Å². The molecule has 0 radical (unpaired) electrons. The molecule has 0 aliphatic carbocycles. The first-order valence-electron chi connectivity index (χ1n) is 11.3. The van der Waals surface area contributed by atoms with E-state index in [4.69, 9.17) is 18.4 Å². The Bertz CT molecular complexity index is 1170. The molecule has 0 amide bonds. The number of ether oxygens (including phenoxy) is 3. The van der Waals surface area contributed by atoms with Crippen molar-refractivity contribution in [2.75, 3.05) is 32.2 Å². The molecule has 0 saturated carbocycles. The van der Waals surface area contributed by atoms with Gasteiger partial charge in [0.1, 0.15) is 29.3 Å². The van der Waals surface area contributed by atoms with Gasteiger partial charge in [0.2, 0.25) is 0 Å². The number of benzene rings is 1. The first-order chi connectivity index (χ1) is 17.2. The lowest BCUT2D eigenvalue weighted by atomic mass is 10.2. The normalized spacial score (nSPS) is 16.7. The molecule has 35 heavy (non-hydrogen) atoms. The standard InChI is InChI=1S/C25H26IN3O4S2/c1-27-23-12-9-18(15-28-23)6-2-3-7-24-29-21-11-10-19(14-22(21)34-24)31-16-20(17-32-35-26)33-25-8-4-5-13-30-25/h3,7,9-12,14-15,20,25H,4-5,8,13,16-17H2,1H3,(H,27,28)/b7-3+. The maximum Gasteiger partial charge on any atom is 0.158 e. The second-order valence-electron chi connectivity index (χ2n) is 7.68. The van der Waals surface area contributed by atoms with E-state index >= 15 is 0 Å². The topological polar surface area (TPSA) is 74.7 Å². The summed E-state index contributed by atoms with van der Waals surface area (Å²) in [5, 5.41) is 3.88. The summed E-state index contributed by atoms with van der Waals surface area (Å²) < 4.78 is 24.4. The summed E-state index contributed by atoms with van der Waals surface area (Å²) in [4.78, 5) is 8.92. The van der Waals surface area contributed by atoms with E-state index in [1.165, 1.54) is 9.21 Å². The van der Waals surface area contributed by atoms with Crippen LogP contribution in [0.3, 0.4) is 0 Å². The quantitative estimate of drug-likeness (QED) is 0.165. The minimum Gasteiger partial charge on any atom is -0.491 e. The predicted molar refractivity (Wildman–Crippen MR) is 151 cm³/mol. The smallest absolute Gasteiger partial charge is 0.158 e.